The molecule has 0 aliphatic rings. The molecule has 5 heteroatoms. The van der Waals surface area contributed by atoms with Gasteiger partial charge < -0.3 is 10.1 Å². The Morgan fingerprint density at radius 2 is 2.21 bits per heavy atom. The van der Waals surface area contributed by atoms with E-state index in [-0.39, 0.29) is 0 Å². The number of hydrogen-bond acceptors (Lipinski definition) is 3. The molecule has 1 aromatic heterocycles. The summed E-state index contributed by atoms with van der Waals surface area (Å²) in [5.74, 6) is 0.637. The van der Waals surface area contributed by atoms with Crippen molar-refractivity contribution in [1.82, 2.24) is 10.3 Å². The molecule has 0 spiro atoms. The van der Waals surface area contributed by atoms with Crippen LogP contribution in [0, 0.1) is 0 Å². The quantitative estimate of drug-likeness (QED) is 0.898. The van der Waals surface area contributed by atoms with Gasteiger partial charge in [0.2, 0.25) is 5.88 Å². The van der Waals surface area contributed by atoms with Gasteiger partial charge >= 0.3 is 0 Å². The first-order chi connectivity index (χ1) is 9.19. The summed E-state index contributed by atoms with van der Waals surface area (Å²) in [5.41, 5.74) is 2.03. The van der Waals surface area contributed by atoms with Gasteiger partial charge in [-0.2, -0.15) is 0 Å². The van der Waals surface area contributed by atoms with Gasteiger partial charge in [-0.15, -0.1) is 0 Å². The fourth-order valence-electron chi connectivity index (χ4n) is 1.69. The zero-order valence-electron chi connectivity index (χ0n) is 10.5. The number of halogens is 2. The highest BCUT2D eigenvalue weighted by molar-refractivity contribution is 9.10. The van der Waals surface area contributed by atoms with E-state index in [4.69, 9.17) is 16.3 Å². The number of aromatic nitrogens is 1. The smallest absolute Gasteiger partial charge is 0.218 e. The van der Waals surface area contributed by atoms with Crippen LogP contribution in [0.5, 0.6) is 5.88 Å². The first kappa shape index (κ1) is 14.3. The summed E-state index contributed by atoms with van der Waals surface area (Å²) in [6.07, 6.45) is 1.73. The van der Waals surface area contributed by atoms with Crippen LogP contribution in [0.1, 0.15) is 11.1 Å². The predicted octanol–water partition coefficient (Wildman–Crippen LogP) is 3.80. The Bertz CT molecular complexity index is 563. The molecule has 0 atom stereocenters. The topological polar surface area (TPSA) is 34.2 Å². The summed E-state index contributed by atoms with van der Waals surface area (Å²) in [6, 6.07) is 9.61. The van der Waals surface area contributed by atoms with Crippen LogP contribution < -0.4 is 10.1 Å². The Balaban J connectivity index is 2.10. The molecule has 0 radical (unpaired) electrons. The molecular weight excluding hydrogens is 328 g/mol. The lowest BCUT2D eigenvalue weighted by molar-refractivity contribution is 0.289. The van der Waals surface area contributed by atoms with Gasteiger partial charge in [0.05, 0.1) is 0 Å². The van der Waals surface area contributed by atoms with Crippen LogP contribution in [-0.4, -0.2) is 12.0 Å². The SMILES string of the molecule is CNCc1cc(Br)cnc1OCc1cccc(Cl)c1. The van der Waals surface area contributed by atoms with Crippen LogP contribution in [0.25, 0.3) is 0 Å². The average Bonchev–Trinajstić information content (AvgIpc) is 2.38. The van der Waals surface area contributed by atoms with Crippen molar-refractivity contribution in [3.63, 3.8) is 0 Å². The summed E-state index contributed by atoms with van der Waals surface area (Å²) in [6.45, 7) is 1.16. The van der Waals surface area contributed by atoms with E-state index < -0.39 is 0 Å². The lowest BCUT2D eigenvalue weighted by Crippen LogP contribution is -2.08. The Kier molecular flexibility index (Phi) is 5.19. The van der Waals surface area contributed by atoms with E-state index in [9.17, 15) is 0 Å². The van der Waals surface area contributed by atoms with Crippen LogP contribution >= 0.6 is 27.5 Å². The Morgan fingerprint density at radius 3 is 2.95 bits per heavy atom. The molecule has 0 saturated heterocycles. The Hall–Kier alpha value is -1.10. The molecule has 0 fully saturated rings. The first-order valence-electron chi connectivity index (χ1n) is 5.85. The molecule has 1 heterocycles. The van der Waals surface area contributed by atoms with Crippen molar-refractivity contribution >= 4 is 27.5 Å². The average molecular weight is 342 g/mol. The molecule has 100 valence electrons. The molecule has 1 aromatic carbocycles. The molecule has 0 aliphatic carbocycles. The number of nitrogens with zero attached hydrogens (tertiary/aromatic N) is 1. The third-order valence-corrected chi connectivity index (χ3v) is 3.19. The fourth-order valence-corrected chi connectivity index (χ4v) is 2.29. The van der Waals surface area contributed by atoms with Gasteiger partial charge in [-0.1, -0.05) is 23.7 Å². The molecular formula is C14H14BrClN2O. The van der Waals surface area contributed by atoms with E-state index >= 15 is 0 Å². The second-order valence-corrected chi connectivity index (χ2v) is 5.42. The number of nitrogens with one attached hydrogen (secondary N) is 1. The third-order valence-electron chi connectivity index (χ3n) is 2.52. The standard InChI is InChI=1S/C14H14BrClN2O/c1-17-7-11-6-12(15)8-18-14(11)19-9-10-3-2-4-13(16)5-10/h2-6,8,17H,7,9H2,1H3. The largest absolute Gasteiger partial charge is 0.473 e. The van der Waals surface area contributed by atoms with Crippen LogP contribution in [0.4, 0.5) is 0 Å². The Morgan fingerprint density at radius 1 is 1.37 bits per heavy atom. The monoisotopic (exact) mass is 340 g/mol. The van der Waals surface area contributed by atoms with E-state index in [1.54, 1.807) is 6.20 Å². The van der Waals surface area contributed by atoms with Gasteiger partial charge in [0.15, 0.2) is 0 Å². The number of hydrogen-bond donors (Lipinski definition) is 1. The summed E-state index contributed by atoms with van der Waals surface area (Å²) in [5, 5.41) is 3.81. The molecule has 0 amide bonds. The van der Waals surface area contributed by atoms with Crippen LogP contribution in [0.3, 0.4) is 0 Å². The lowest BCUT2D eigenvalue weighted by atomic mass is 10.2. The van der Waals surface area contributed by atoms with Crippen LogP contribution in [0.15, 0.2) is 41.0 Å². The molecule has 19 heavy (non-hydrogen) atoms. The predicted molar refractivity (Wildman–Crippen MR) is 80.5 cm³/mol. The highest BCUT2D eigenvalue weighted by Crippen LogP contribution is 2.21. The van der Waals surface area contributed by atoms with Gasteiger partial charge in [0, 0.05) is 27.8 Å². The van der Waals surface area contributed by atoms with Crippen molar-refractivity contribution in [2.24, 2.45) is 0 Å². The van der Waals surface area contributed by atoms with Crippen LogP contribution in [-0.2, 0) is 13.2 Å². The fraction of sp³-hybridized carbons (Fsp3) is 0.214. The highest BCUT2D eigenvalue weighted by Gasteiger charge is 2.06. The van der Waals surface area contributed by atoms with Crippen LogP contribution in [0.2, 0.25) is 5.02 Å². The summed E-state index contributed by atoms with van der Waals surface area (Å²) in [7, 11) is 1.89. The van der Waals surface area contributed by atoms with Gasteiger partial charge in [-0.25, -0.2) is 4.98 Å². The van der Waals surface area contributed by atoms with Gasteiger partial charge in [-0.3, -0.25) is 0 Å². The van der Waals surface area contributed by atoms with E-state index in [1.165, 1.54) is 0 Å². The maximum Gasteiger partial charge on any atom is 0.218 e. The second-order valence-electron chi connectivity index (χ2n) is 4.07. The van der Waals surface area contributed by atoms with Crippen molar-refractivity contribution in [3.05, 3.63) is 57.2 Å². The molecule has 3 nitrogen and oxygen atoms in total. The molecule has 0 aliphatic heterocycles. The van der Waals surface area contributed by atoms with E-state index in [0.29, 0.717) is 24.1 Å². The van der Waals surface area contributed by atoms with E-state index in [0.717, 1.165) is 15.6 Å². The highest BCUT2D eigenvalue weighted by atomic mass is 79.9. The van der Waals surface area contributed by atoms with Crippen molar-refractivity contribution in [1.29, 1.82) is 0 Å². The minimum atomic E-state index is 0.450. The lowest BCUT2D eigenvalue weighted by Gasteiger charge is -2.10. The number of ether oxygens (including phenoxy) is 1. The van der Waals surface area contributed by atoms with E-state index in [1.807, 2.05) is 37.4 Å². The molecule has 0 unspecified atom stereocenters. The van der Waals surface area contributed by atoms with Crippen molar-refractivity contribution in [2.45, 2.75) is 13.2 Å². The minimum Gasteiger partial charge on any atom is -0.473 e. The normalized spacial score (nSPS) is 10.5. The van der Waals surface area contributed by atoms with Crippen molar-refractivity contribution < 1.29 is 4.74 Å². The number of pyridine rings is 1. The minimum absolute atomic E-state index is 0.450. The number of benzene rings is 1. The summed E-state index contributed by atoms with van der Waals surface area (Å²) in [4.78, 5) is 4.29. The van der Waals surface area contributed by atoms with Crippen molar-refractivity contribution in [2.75, 3.05) is 7.05 Å². The van der Waals surface area contributed by atoms with Crippen molar-refractivity contribution in [3.8, 4) is 5.88 Å². The molecule has 1 N–H and O–H groups in total. The summed E-state index contributed by atoms with van der Waals surface area (Å²) >= 11 is 9.35. The molecule has 0 saturated carbocycles. The zero-order chi connectivity index (χ0) is 13.7. The maximum atomic E-state index is 5.94. The van der Waals surface area contributed by atoms with E-state index in [2.05, 4.69) is 26.2 Å². The number of rotatable bonds is 5. The third kappa shape index (κ3) is 4.20. The maximum absolute atomic E-state index is 5.94. The Labute approximate surface area is 126 Å². The summed E-state index contributed by atoms with van der Waals surface area (Å²) < 4.78 is 6.69. The zero-order valence-corrected chi connectivity index (χ0v) is 12.8. The van der Waals surface area contributed by atoms with Gasteiger partial charge in [0.1, 0.15) is 6.61 Å². The second kappa shape index (κ2) is 6.89. The van der Waals surface area contributed by atoms with Gasteiger partial charge in [0.25, 0.3) is 0 Å². The molecule has 2 rings (SSSR count). The molecule has 0 bridgehead atoms. The molecule has 2 aromatic rings. The first-order valence-corrected chi connectivity index (χ1v) is 7.02. The van der Waals surface area contributed by atoms with Gasteiger partial charge in [-0.05, 0) is 46.7 Å².